The number of aryl methyl sites for hydroxylation is 2. The molecule has 1 saturated heterocycles. The van der Waals surface area contributed by atoms with Gasteiger partial charge in [-0.2, -0.15) is 5.10 Å². The number of carbonyl (C=O) groups excluding carboxylic acids is 2. The number of benzene rings is 2. The number of carbonyl (C=O) groups is 2. The van der Waals surface area contributed by atoms with Crippen LogP contribution in [0, 0.1) is 12.3 Å². The minimum Gasteiger partial charge on any atom is -0.497 e. The average Bonchev–Trinajstić information content (AvgIpc) is 3.40. The Morgan fingerprint density at radius 1 is 1.14 bits per heavy atom. The van der Waals surface area contributed by atoms with Crippen molar-refractivity contribution in [1.29, 1.82) is 0 Å². The maximum absolute atomic E-state index is 13.2. The summed E-state index contributed by atoms with van der Waals surface area (Å²) in [6.07, 6.45) is 7.73. The predicted octanol–water partition coefficient (Wildman–Crippen LogP) is 4.41. The first-order valence-electron chi connectivity index (χ1n) is 13.2. The van der Waals surface area contributed by atoms with Crippen LogP contribution < -0.4 is 14.8 Å². The van der Waals surface area contributed by atoms with Gasteiger partial charge in [-0.25, -0.2) is 0 Å². The number of nitrogens with zero attached hydrogens (tertiary/aromatic N) is 2. The highest BCUT2D eigenvalue weighted by atomic mass is 16.5. The highest BCUT2D eigenvalue weighted by molar-refractivity contribution is 5.98. The molecule has 8 heteroatoms. The van der Waals surface area contributed by atoms with Crippen LogP contribution in [0.15, 0.2) is 36.5 Å². The lowest BCUT2D eigenvalue weighted by atomic mass is 9.59. The number of hydrogen-bond acceptors (Lipinski definition) is 5. The van der Waals surface area contributed by atoms with Gasteiger partial charge < -0.3 is 19.7 Å². The molecule has 1 spiro atoms. The number of rotatable bonds is 8. The van der Waals surface area contributed by atoms with E-state index in [1.54, 1.807) is 20.4 Å². The number of aromatic nitrogens is 2. The van der Waals surface area contributed by atoms with Crippen molar-refractivity contribution in [3.05, 3.63) is 53.2 Å². The number of ether oxygens (including phenoxy) is 2. The molecule has 5 rings (SSSR count). The molecule has 1 unspecified atom stereocenters. The number of hydrogen-bond donors (Lipinski definition) is 2. The summed E-state index contributed by atoms with van der Waals surface area (Å²) in [5.74, 6) is 1.79. The fourth-order valence-electron chi connectivity index (χ4n) is 6.00. The van der Waals surface area contributed by atoms with Gasteiger partial charge in [-0.1, -0.05) is 0 Å². The molecule has 8 nitrogen and oxygen atoms in total. The van der Waals surface area contributed by atoms with Crippen LogP contribution in [-0.4, -0.2) is 60.3 Å². The number of likely N-dealkylation sites (tertiary alicyclic amines) is 1. The van der Waals surface area contributed by atoms with Crippen molar-refractivity contribution in [2.45, 2.75) is 57.9 Å². The summed E-state index contributed by atoms with van der Waals surface area (Å²) in [6, 6.07) is 9.82. The van der Waals surface area contributed by atoms with E-state index in [1.165, 1.54) is 0 Å². The zero-order chi connectivity index (χ0) is 26.0. The van der Waals surface area contributed by atoms with E-state index in [4.69, 9.17) is 9.47 Å². The molecule has 3 aromatic rings. The van der Waals surface area contributed by atoms with Gasteiger partial charge >= 0.3 is 0 Å². The van der Waals surface area contributed by atoms with Crippen LogP contribution in [0.3, 0.4) is 0 Å². The average molecular weight is 505 g/mol. The Bertz CT molecular complexity index is 1290. The number of amides is 2. The first-order chi connectivity index (χ1) is 17.9. The smallest absolute Gasteiger partial charge is 0.253 e. The first-order valence-corrected chi connectivity index (χ1v) is 13.2. The van der Waals surface area contributed by atoms with Gasteiger partial charge in [-0.05, 0) is 92.3 Å². The Labute approximate surface area is 217 Å². The lowest BCUT2D eigenvalue weighted by molar-refractivity contribution is -0.125. The summed E-state index contributed by atoms with van der Waals surface area (Å²) in [6.45, 7) is 3.45. The standard InChI is InChI=1S/C29H36N4O4/c1-19-15-21(16-22-18-30-32-27(19)22)28(35)33-13-11-29(12-14-33)10-9-25(29)31-26(34)6-4-5-20-17-23(36-2)7-8-24(20)37-3/h7-8,15-18,25H,4-6,9-14H2,1-3H3,(H,30,32)(H,31,34). The third-order valence-corrected chi connectivity index (χ3v) is 8.38. The monoisotopic (exact) mass is 504 g/mol. The molecule has 1 aliphatic heterocycles. The van der Waals surface area contributed by atoms with Crippen molar-refractivity contribution in [1.82, 2.24) is 20.4 Å². The van der Waals surface area contributed by atoms with Crippen molar-refractivity contribution >= 4 is 22.7 Å². The predicted molar refractivity (Wildman–Crippen MR) is 142 cm³/mol. The maximum Gasteiger partial charge on any atom is 0.253 e. The van der Waals surface area contributed by atoms with Crippen LogP contribution in [0.5, 0.6) is 11.5 Å². The van der Waals surface area contributed by atoms with Gasteiger partial charge in [0.2, 0.25) is 5.91 Å². The van der Waals surface area contributed by atoms with Crippen LogP contribution in [-0.2, 0) is 11.2 Å². The van der Waals surface area contributed by atoms with Crippen LogP contribution in [0.1, 0.15) is 60.0 Å². The van der Waals surface area contributed by atoms with Gasteiger partial charge in [0.05, 0.1) is 25.9 Å². The quantitative estimate of drug-likeness (QED) is 0.474. The summed E-state index contributed by atoms with van der Waals surface area (Å²) in [7, 11) is 3.31. The Morgan fingerprint density at radius 2 is 1.95 bits per heavy atom. The lowest BCUT2D eigenvalue weighted by Crippen LogP contribution is -2.59. The minimum atomic E-state index is 0.0777. The number of fused-ring (bicyclic) bond motifs is 1. The molecule has 2 fully saturated rings. The molecule has 1 aromatic heterocycles. The summed E-state index contributed by atoms with van der Waals surface area (Å²) < 4.78 is 10.8. The molecule has 37 heavy (non-hydrogen) atoms. The van der Waals surface area contributed by atoms with E-state index in [-0.39, 0.29) is 23.3 Å². The van der Waals surface area contributed by atoms with E-state index in [9.17, 15) is 9.59 Å². The molecule has 1 saturated carbocycles. The van der Waals surface area contributed by atoms with Crippen molar-refractivity contribution in [3.8, 4) is 11.5 Å². The molecule has 0 bridgehead atoms. The molecule has 196 valence electrons. The Balaban J connectivity index is 1.12. The molecule has 2 aromatic carbocycles. The molecular formula is C29H36N4O4. The summed E-state index contributed by atoms with van der Waals surface area (Å²) in [5.41, 5.74) is 3.89. The normalized spacial score (nSPS) is 18.5. The lowest BCUT2D eigenvalue weighted by Gasteiger charge is -2.54. The number of H-pyrrole nitrogens is 1. The summed E-state index contributed by atoms with van der Waals surface area (Å²) in [4.78, 5) is 28.0. The molecule has 2 amide bonds. The fourth-order valence-corrected chi connectivity index (χ4v) is 6.00. The van der Waals surface area contributed by atoms with Gasteiger partial charge in [0.15, 0.2) is 0 Å². The van der Waals surface area contributed by atoms with Gasteiger partial charge in [0, 0.05) is 36.5 Å². The van der Waals surface area contributed by atoms with Gasteiger partial charge in [0.1, 0.15) is 11.5 Å². The Kier molecular flexibility index (Phi) is 7.09. The maximum atomic E-state index is 13.2. The van der Waals surface area contributed by atoms with E-state index in [1.807, 2.05) is 42.2 Å². The Hall–Kier alpha value is -3.55. The molecular weight excluding hydrogens is 468 g/mol. The van der Waals surface area contributed by atoms with Crippen LogP contribution >= 0.6 is 0 Å². The van der Waals surface area contributed by atoms with Gasteiger partial charge in [-0.15, -0.1) is 0 Å². The molecule has 1 aliphatic carbocycles. The molecule has 1 atom stereocenters. The second kappa shape index (κ2) is 10.4. The van der Waals surface area contributed by atoms with Crippen LogP contribution in [0.4, 0.5) is 0 Å². The van der Waals surface area contributed by atoms with Crippen molar-refractivity contribution in [2.75, 3.05) is 27.3 Å². The topological polar surface area (TPSA) is 96.5 Å². The van der Waals surface area contributed by atoms with Crippen molar-refractivity contribution in [2.24, 2.45) is 5.41 Å². The fraction of sp³-hybridized carbons (Fsp3) is 0.483. The molecule has 2 N–H and O–H groups in total. The van der Waals surface area contributed by atoms with Crippen molar-refractivity contribution in [3.63, 3.8) is 0 Å². The molecule has 2 aliphatic rings. The van der Waals surface area contributed by atoms with Crippen LogP contribution in [0.2, 0.25) is 0 Å². The second-order valence-corrected chi connectivity index (χ2v) is 10.5. The summed E-state index contributed by atoms with van der Waals surface area (Å²) >= 11 is 0. The highest BCUT2D eigenvalue weighted by Gasteiger charge is 2.49. The number of nitrogens with one attached hydrogen (secondary N) is 2. The zero-order valence-electron chi connectivity index (χ0n) is 21.9. The summed E-state index contributed by atoms with van der Waals surface area (Å²) in [5, 5.41) is 11.4. The molecule has 2 heterocycles. The largest absolute Gasteiger partial charge is 0.497 e. The third kappa shape index (κ3) is 5.02. The Morgan fingerprint density at radius 3 is 2.65 bits per heavy atom. The van der Waals surface area contributed by atoms with Gasteiger partial charge in [0.25, 0.3) is 5.91 Å². The SMILES string of the molecule is COc1ccc(OC)c(CCCC(=O)NC2CCC23CCN(C(=O)c2cc(C)c4[nH]ncc4c2)CC3)c1. The third-order valence-electron chi connectivity index (χ3n) is 8.38. The number of methoxy groups -OCH3 is 2. The zero-order valence-corrected chi connectivity index (χ0v) is 21.9. The highest BCUT2D eigenvalue weighted by Crippen LogP contribution is 2.49. The van der Waals surface area contributed by atoms with E-state index >= 15 is 0 Å². The van der Waals surface area contributed by atoms with E-state index in [0.29, 0.717) is 12.0 Å². The van der Waals surface area contributed by atoms with Crippen molar-refractivity contribution < 1.29 is 19.1 Å². The molecule has 0 radical (unpaired) electrons. The van der Waals surface area contributed by atoms with E-state index in [2.05, 4.69) is 15.5 Å². The van der Waals surface area contributed by atoms with Gasteiger partial charge in [-0.3, -0.25) is 14.7 Å². The second-order valence-electron chi connectivity index (χ2n) is 10.5. The van der Waals surface area contributed by atoms with E-state index in [0.717, 1.165) is 85.1 Å². The minimum absolute atomic E-state index is 0.0777. The number of aromatic amines is 1. The number of piperidine rings is 1. The van der Waals surface area contributed by atoms with Crippen LogP contribution in [0.25, 0.3) is 10.9 Å². The van der Waals surface area contributed by atoms with E-state index < -0.39 is 0 Å². The first kappa shape index (κ1) is 25.1.